The van der Waals surface area contributed by atoms with E-state index in [0.29, 0.717) is 4.90 Å². The van der Waals surface area contributed by atoms with E-state index in [1.165, 1.54) is 0 Å². The fraction of sp³-hybridized carbons (Fsp3) is 0.333. The van der Waals surface area contributed by atoms with Gasteiger partial charge < -0.3 is 0 Å². The Morgan fingerprint density at radius 2 is 2.08 bits per heavy atom. The van der Waals surface area contributed by atoms with Crippen LogP contribution in [0, 0.1) is 6.07 Å². The maximum absolute atomic E-state index is 11.6. The van der Waals surface area contributed by atoms with E-state index in [-0.39, 0.29) is 5.25 Å². The van der Waals surface area contributed by atoms with Crippen LogP contribution in [0.4, 0.5) is 0 Å². The Bertz CT molecular complexity index is 363. The molecule has 0 bridgehead atoms. The van der Waals surface area contributed by atoms with Crippen molar-refractivity contribution in [3.05, 3.63) is 30.3 Å². The maximum Gasteiger partial charge on any atom is 0.181 e. The van der Waals surface area contributed by atoms with Crippen molar-refractivity contribution in [2.45, 2.75) is 23.0 Å². The molecule has 0 amide bonds. The second-order valence-electron chi connectivity index (χ2n) is 2.97. The molecule has 12 heavy (non-hydrogen) atoms. The molecule has 0 aliphatic heterocycles. The molecule has 1 aromatic carbocycles. The summed E-state index contributed by atoms with van der Waals surface area (Å²) in [5.41, 5.74) is 0. The predicted octanol–water partition coefficient (Wildman–Crippen LogP) is 1.42. The molecule has 0 saturated heterocycles. The maximum atomic E-state index is 11.6. The largest absolute Gasteiger partial charge is 0.223 e. The predicted molar refractivity (Wildman–Crippen MR) is 45.5 cm³/mol. The highest BCUT2D eigenvalue weighted by atomic mass is 32.2. The summed E-state index contributed by atoms with van der Waals surface area (Å²) in [5, 5.41) is -0.129. The van der Waals surface area contributed by atoms with E-state index in [9.17, 15) is 8.42 Å². The molecule has 1 fully saturated rings. The van der Waals surface area contributed by atoms with Crippen LogP contribution in [0.25, 0.3) is 0 Å². The van der Waals surface area contributed by atoms with Crippen molar-refractivity contribution >= 4 is 9.84 Å². The lowest BCUT2D eigenvalue weighted by Crippen LogP contribution is -2.06. The van der Waals surface area contributed by atoms with Crippen LogP contribution >= 0.6 is 0 Å². The van der Waals surface area contributed by atoms with Crippen LogP contribution in [-0.2, 0) is 9.84 Å². The smallest absolute Gasteiger partial charge is 0.181 e. The van der Waals surface area contributed by atoms with Gasteiger partial charge in [0.15, 0.2) is 9.84 Å². The highest BCUT2D eigenvalue weighted by Crippen LogP contribution is 2.32. The highest BCUT2D eigenvalue weighted by molar-refractivity contribution is 7.92. The van der Waals surface area contributed by atoms with Crippen molar-refractivity contribution in [1.82, 2.24) is 0 Å². The third kappa shape index (κ3) is 1.25. The molecule has 1 aromatic rings. The van der Waals surface area contributed by atoms with E-state index in [0.717, 1.165) is 12.8 Å². The second-order valence-corrected chi connectivity index (χ2v) is 5.17. The summed E-state index contributed by atoms with van der Waals surface area (Å²) in [7, 11) is -3.02. The van der Waals surface area contributed by atoms with Gasteiger partial charge >= 0.3 is 0 Å². The molecule has 0 atom stereocenters. The van der Waals surface area contributed by atoms with E-state index >= 15 is 0 Å². The summed E-state index contributed by atoms with van der Waals surface area (Å²) < 4.78 is 23.1. The zero-order valence-electron chi connectivity index (χ0n) is 6.53. The van der Waals surface area contributed by atoms with Gasteiger partial charge in [0.25, 0.3) is 0 Å². The highest BCUT2D eigenvalue weighted by Gasteiger charge is 2.36. The van der Waals surface area contributed by atoms with Gasteiger partial charge in [-0.25, -0.2) is 8.42 Å². The Morgan fingerprint density at radius 1 is 1.33 bits per heavy atom. The van der Waals surface area contributed by atoms with E-state index in [4.69, 9.17) is 0 Å². The van der Waals surface area contributed by atoms with Crippen LogP contribution in [0.3, 0.4) is 0 Å². The van der Waals surface area contributed by atoms with Crippen LogP contribution in [0.2, 0.25) is 0 Å². The molecule has 0 N–H and O–H groups in total. The molecule has 0 aromatic heterocycles. The van der Waals surface area contributed by atoms with Crippen LogP contribution in [0.15, 0.2) is 29.2 Å². The zero-order valence-corrected chi connectivity index (χ0v) is 7.34. The molecule has 63 valence electrons. The summed E-state index contributed by atoms with van der Waals surface area (Å²) in [5.74, 6) is 0. The Balaban J connectivity index is 2.42. The minimum atomic E-state index is -3.02. The first-order valence-corrected chi connectivity index (χ1v) is 5.46. The van der Waals surface area contributed by atoms with Gasteiger partial charge in [0.2, 0.25) is 0 Å². The molecule has 3 heteroatoms. The molecule has 0 unspecified atom stereocenters. The summed E-state index contributed by atoms with van der Waals surface area (Å²) in [6.45, 7) is 0. The van der Waals surface area contributed by atoms with Gasteiger partial charge in [0.05, 0.1) is 10.1 Å². The van der Waals surface area contributed by atoms with E-state index in [2.05, 4.69) is 6.07 Å². The standard InChI is InChI=1S/C9H9O2S/c10-12(11,9-6-7-9)8-4-2-1-3-5-8/h1-4,9H,6-7H2. The van der Waals surface area contributed by atoms with Gasteiger partial charge in [-0.05, 0) is 18.9 Å². The molecule has 1 aliphatic rings. The van der Waals surface area contributed by atoms with Gasteiger partial charge in [0.1, 0.15) is 0 Å². The quantitative estimate of drug-likeness (QED) is 0.691. The fourth-order valence-corrected chi connectivity index (χ4v) is 2.73. The first kappa shape index (κ1) is 7.80. The average Bonchev–Trinajstić information content (AvgIpc) is 2.88. The van der Waals surface area contributed by atoms with Gasteiger partial charge in [-0.3, -0.25) is 0 Å². The van der Waals surface area contributed by atoms with E-state index < -0.39 is 9.84 Å². The lowest BCUT2D eigenvalue weighted by molar-refractivity contribution is 0.594. The van der Waals surface area contributed by atoms with Crippen molar-refractivity contribution in [2.75, 3.05) is 0 Å². The summed E-state index contributed by atoms with van der Waals surface area (Å²) in [4.78, 5) is 0.340. The lowest BCUT2D eigenvalue weighted by atomic mass is 10.4. The SMILES string of the molecule is O=S(=O)(c1[c]cccc1)C1CC1. The van der Waals surface area contributed by atoms with E-state index in [1.54, 1.807) is 24.3 Å². The summed E-state index contributed by atoms with van der Waals surface area (Å²) in [6.07, 6.45) is 1.62. The number of hydrogen-bond donors (Lipinski definition) is 0. The van der Waals surface area contributed by atoms with Crippen molar-refractivity contribution in [3.8, 4) is 0 Å². The van der Waals surface area contributed by atoms with Crippen molar-refractivity contribution in [2.24, 2.45) is 0 Å². The first-order valence-electron chi connectivity index (χ1n) is 3.92. The van der Waals surface area contributed by atoms with Gasteiger partial charge in [-0.1, -0.05) is 18.2 Å². The molecule has 2 nitrogen and oxygen atoms in total. The molecule has 1 saturated carbocycles. The monoisotopic (exact) mass is 181 g/mol. The normalized spacial score (nSPS) is 17.7. The third-order valence-corrected chi connectivity index (χ3v) is 4.17. The average molecular weight is 181 g/mol. The number of sulfone groups is 1. The van der Waals surface area contributed by atoms with Crippen LogP contribution in [-0.4, -0.2) is 13.7 Å². The molecule has 1 aliphatic carbocycles. The molecule has 2 rings (SSSR count). The molecule has 0 spiro atoms. The fourth-order valence-electron chi connectivity index (χ4n) is 1.11. The van der Waals surface area contributed by atoms with E-state index in [1.807, 2.05) is 0 Å². The topological polar surface area (TPSA) is 34.1 Å². The minimum Gasteiger partial charge on any atom is -0.223 e. The Hall–Kier alpha value is -0.830. The first-order chi connectivity index (χ1) is 5.71. The molecule has 1 radical (unpaired) electrons. The molecular weight excluding hydrogens is 172 g/mol. The van der Waals surface area contributed by atoms with Crippen LogP contribution in [0.1, 0.15) is 12.8 Å². The summed E-state index contributed by atoms with van der Waals surface area (Å²) >= 11 is 0. The lowest BCUT2D eigenvalue weighted by Gasteiger charge is -1.99. The zero-order chi connectivity index (χ0) is 8.60. The van der Waals surface area contributed by atoms with Crippen molar-refractivity contribution in [3.63, 3.8) is 0 Å². The number of benzene rings is 1. The van der Waals surface area contributed by atoms with Gasteiger partial charge in [-0.15, -0.1) is 0 Å². The molecular formula is C9H9O2S. The summed E-state index contributed by atoms with van der Waals surface area (Å²) in [6, 6.07) is 9.48. The van der Waals surface area contributed by atoms with Crippen LogP contribution in [0.5, 0.6) is 0 Å². The Labute approximate surface area is 72.1 Å². The second kappa shape index (κ2) is 2.59. The number of rotatable bonds is 2. The molecule has 0 heterocycles. The van der Waals surface area contributed by atoms with Crippen LogP contribution < -0.4 is 0 Å². The van der Waals surface area contributed by atoms with Crippen molar-refractivity contribution in [1.29, 1.82) is 0 Å². The van der Waals surface area contributed by atoms with Crippen molar-refractivity contribution < 1.29 is 8.42 Å². The van der Waals surface area contributed by atoms with Gasteiger partial charge in [-0.2, -0.15) is 0 Å². The Kier molecular flexibility index (Phi) is 1.68. The minimum absolute atomic E-state index is 0.129. The third-order valence-electron chi connectivity index (χ3n) is 1.95. The number of hydrogen-bond acceptors (Lipinski definition) is 2. The Morgan fingerprint density at radius 3 is 2.58 bits per heavy atom. The van der Waals surface area contributed by atoms with Gasteiger partial charge in [0, 0.05) is 6.07 Å².